The first-order valence-corrected chi connectivity index (χ1v) is 4.05. The number of rotatable bonds is 4. The molecule has 0 radical (unpaired) electrons. The Bertz CT molecular complexity index is 208. The first kappa shape index (κ1) is 12.1. The third kappa shape index (κ3) is 4.00. The van der Waals surface area contributed by atoms with Crippen LogP contribution < -0.4 is 11.5 Å². The Morgan fingerprint density at radius 2 is 1.85 bits per heavy atom. The minimum absolute atomic E-state index is 0.0134. The fourth-order valence-corrected chi connectivity index (χ4v) is 0.663. The van der Waals surface area contributed by atoms with Crippen molar-refractivity contribution in [2.24, 2.45) is 11.5 Å². The van der Waals surface area contributed by atoms with Crippen LogP contribution in [0.1, 0.15) is 13.8 Å². The molecule has 0 aliphatic rings. The van der Waals surface area contributed by atoms with E-state index in [1.807, 2.05) is 0 Å². The van der Waals surface area contributed by atoms with Crippen molar-refractivity contribution in [3.05, 3.63) is 0 Å². The number of hydrogen-bond donors (Lipinski definition) is 2. The largest absolute Gasteiger partial charge is 0.337 e. The van der Waals surface area contributed by atoms with Gasteiger partial charge in [-0.25, -0.2) is 0 Å². The molecule has 76 valence electrons. The van der Waals surface area contributed by atoms with Crippen LogP contribution in [0.15, 0.2) is 0 Å². The molecule has 0 aliphatic carbocycles. The first-order valence-electron chi connectivity index (χ1n) is 4.05. The highest BCUT2D eigenvalue weighted by Gasteiger charge is 2.23. The van der Waals surface area contributed by atoms with E-state index < -0.39 is 5.54 Å². The molecular formula is C8H17N3O2. The number of nitrogens with zero attached hydrogens (tertiary/aromatic N) is 1. The van der Waals surface area contributed by atoms with Gasteiger partial charge in [-0.05, 0) is 13.8 Å². The van der Waals surface area contributed by atoms with E-state index in [1.165, 1.54) is 11.9 Å². The fourth-order valence-electron chi connectivity index (χ4n) is 0.663. The number of likely N-dealkylation sites (N-methyl/N-ethyl adjacent to an activating group) is 1. The Kier molecular flexibility index (Phi) is 4.03. The molecule has 0 atom stereocenters. The minimum atomic E-state index is -0.900. The third-order valence-electron chi connectivity index (χ3n) is 1.70. The second-order valence-corrected chi connectivity index (χ2v) is 3.60. The molecule has 5 heteroatoms. The number of carbonyl (C=O) groups is 2. The van der Waals surface area contributed by atoms with Crippen molar-refractivity contribution in [3.8, 4) is 0 Å². The smallest absolute Gasteiger partial charge is 0.236 e. The highest BCUT2D eigenvalue weighted by molar-refractivity contribution is 5.92. The van der Waals surface area contributed by atoms with E-state index in [0.717, 1.165) is 0 Å². The van der Waals surface area contributed by atoms with E-state index in [9.17, 15) is 9.59 Å². The number of ketones is 1. The molecule has 0 rings (SSSR count). The topological polar surface area (TPSA) is 89.4 Å². The number of Topliss-reactive ketones (excluding diaryl/α,β-unsaturated/α-hetero) is 1. The molecule has 0 spiro atoms. The molecule has 13 heavy (non-hydrogen) atoms. The molecule has 0 heterocycles. The number of carbonyl (C=O) groups excluding carboxylic acids is 2. The van der Waals surface area contributed by atoms with Gasteiger partial charge < -0.3 is 16.4 Å². The van der Waals surface area contributed by atoms with Crippen LogP contribution >= 0.6 is 0 Å². The summed E-state index contributed by atoms with van der Waals surface area (Å²) < 4.78 is 0. The van der Waals surface area contributed by atoms with Gasteiger partial charge in [-0.3, -0.25) is 9.59 Å². The standard InChI is InChI=1S/C8H17N3O2/c1-8(2,10)6(12)5-11(3)7(13)4-9/h4-5,9-10H2,1-3H3. The van der Waals surface area contributed by atoms with E-state index in [0.29, 0.717) is 0 Å². The molecule has 0 aromatic heterocycles. The lowest BCUT2D eigenvalue weighted by molar-refractivity contribution is -0.134. The Balaban J connectivity index is 4.15. The molecule has 0 saturated carbocycles. The minimum Gasteiger partial charge on any atom is -0.337 e. The lowest BCUT2D eigenvalue weighted by atomic mass is 10.0. The van der Waals surface area contributed by atoms with Crippen molar-refractivity contribution in [2.75, 3.05) is 20.1 Å². The molecule has 0 saturated heterocycles. The van der Waals surface area contributed by atoms with Crippen LogP contribution in [0, 0.1) is 0 Å². The van der Waals surface area contributed by atoms with Gasteiger partial charge in [-0.2, -0.15) is 0 Å². The molecule has 1 amide bonds. The Morgan fingerprint density at radius 3 is 2.15 bits per heavy atom. The SMILES string of the molecule is CN(CC(=O)C(C)(C)N)C(=O)CN. The van der Waals surface area contributed by atoms with Gasteiger partial charge in [0.1, 0.15) is 0 Å². The van der Waals surface area contributed by atoms with Crippen LogP contribution in [0.25, 0.3) is 0 Å². The number of hydrogen-bond acceptors (Lipinski definition) is 4. The van der Waals surface area contributed by atoms with Crippen LogP contribution in [0.2, 0.25) is 0 Å². The van der Waals surface area contributed by atoms with Gasteiger partial charge in [0.2, 0.25) is 5.91 Å². The normalized spacial score (nSPS) is 11.2. The lowest BCUT2D eigenvalue weighted by Gasteiger charge is -2.21. The summed E-state index contributed by atoms with van der Waals surface area (Å²) in [6.07, 6.45) is 0. The highest BCUT2D eigenvalue weighted by atomic mass is 16.2. The predicted molar refractivity (Wildman–Crippen MR) is 50.0 cm³/mol. The van der Waals surface area contributed by atoms with Gasteiger partial charge in [-0.1, -0.05) is 0 Å². The van der Waals surface area contributed by atoms with Gasteiger partial charge in [0.15, 0.2) is 5.78 Å². The van der Waals surface area contributed by atoms with Gasteiger partial charge in [0, 0.05) is 7.05 Å². The maximum absolute atomic E-state index is 11.3. The fraction of sp³-hybridized carbons (Fsp3) is 0.750. The monoisotopic (exact) mass is 187 g/mol. The average molecular weight is 187 g/mol. The average Bonchev–Trinajstić information content (AvgIpc) is 2.01. The molecule has 0 unspecified atom stereocenters. The molecule has 0 aromatic rings. The summed E-state index contributed by atoms with van der Waals surface area (Å²) in [4.78, 5) is 23.6. The summed E-state index contributed by atoms with van der Waals surface area (Å²) in [5.41, 5.74) is 9.77. The Hall–Kier alpha value is -0.940. The lowest BCUT2D eigenvalue weighted by Crippen LogP contribution is -2.48. The van der Waals surface area contributed by atoms with Crippen LogP contribution in [0.3, 0.4) is 0 Å². The van der Waals surface area contributed by atoms with Crippen molar-refractivity contribution < 1.29 is 9.59 Å². The van der Waals surface area contributed by atoms with E-state index in [4.69, 9.17) is 11.5 Å². The summed E-state index contributed by atoms with van der Waals surface area (Å²) >= 11 is 0. The van der Waals surface area contributed by atoms with Gasteiger partial charge >= 0.3 is 0 Å². The van der Waals surface area contributed by atoms with Crippen molar-refractivity contribution in [1.82, 2.24) is 4.90 Å². The molecule has 0 aliphatic heterocycles. The highest BCUT2D eigenvalue weighted by Crippen LogP contribution is 1.99. The van der Waals surface area contributed by atoms with Gasteiger partial charge in [0.25, 0.3) is 0 Å². The zero-order valence-electron chi connectivity index (χ0n) is 8.33. The Labute approximate surface area is 78.1 Å². The molecule has 0 aromatic carbocycles. The van der Waals surface area contributed by atoms with Crippen molar-refractivity contribution in [2.45, 2.75) is 19.4 Å². The summed E-state index contributed by atoms with van der Waals surface area (Å²) in [6, 6.07) is 0. The zero-order chi connectivity index (χ0) is 10.6. The molecule has 5 nitrogen and oxygen atoms in total. The first-order chi connectivity index (χ1) is 5.79. The molecule has 0 bridgehead atoms. The summed E-state index contributed by atoms with van der Waals surface area (Å²) in [6.45, 7) is 3.14. The van der Waals surface area contributed by atoms with Crippen LogP contribution in [-0.4, -0.2) is 42.3 Å². The van der Waals surface area contributed by atoms with E-state index in [1.54, 1.807) is 13.8 Å². The Morgan fingerprint density at radius 1 is 1.38 bits per heavy atom. The van der Waals surface area contributed by atoms with Gasteiger partial charge in [-0.15, -0.1) is 0 Å². The van der Waals surface area contributed by atoms with E-state index >= 15 is 0 Å². The second kappa shape index (κ2) is 4.34. The number of nitrogens with two attached hydrogens (primary N) is 2. The molecular weight excluding hydrogens is 170 g/mol. The van der Waals surface area contributed by atoms with Crippen LogP contribution in [0.4, 0.5) is 0 Å². The quantitative estimate of drug-likeness (QED) is 0.573. The van der Waals surface area contributed by atoms with E-state index in [2.05, 4.69) is 0 Å². The summed E-state index contributed by atoms with van der Waals surface area (Å²) in [5.74, 6) is -0.450. The molecule has 4 N–H and O–H groups in total. The maximum Gasteiger partial charge on any atom is 0.236 e. The number of amides is 1. The van der Waals surface area contributed by atoms with Crippen molar-refractivity contribution in [3.63, 3.8) is 0 Å². The predicted octanol–water partition coefficient (Wildman–Crippen LogP) is -1.29. The zero-order valence-corrected chi connectivity index (χ0v) is 8.33. The third-order valence-corrected chi connectivity index (χ3v) is 1.70. The van der Waals surface area contributed by atoms with Crippen LogP contribution in [0.5, 0.6) is 0 Å². The van der Waals surface area contributed by atoms with Crippen LogP contribution in [-0.2, 0) is 9.59 Å². The second-order valence-electron chi connectivity index (χ2n) is 3.60. The van der Waals surface area contributed by atoms with Crippen molar-refractivity contribution in [1.29, 1.82) is 0 Å². The van der Waals surface area contributed by atoms with E-state index in [-0.39, 0.29) is 24.8 Å². The van der Waals surface area contributed by atoms with Gasteiger partial charge in [0.05, 0.1) is 18.6 Å². The maximum atomic E-state index is 11.3. The molecule has 0 fully saturated rings. The van der Waals surface area contributed by atoms with Crippen molar-refractivity contribution >= 4 is 11.7 Å². The summed E-state index contributed by atoms with van der Waals surface area (Å²) in [5, 5.41) is 0. The summed E-state index contributed by atoms with van der Waals surface area (Å²) in [7, 11) is 1.53.